The number of amides is 2. The molecule has 0 aliphatic carbocycles. The maximum absolute atomic E-state index is 12.8. The van der Waals surface area contributed by atoms with Gasteiger partial charge in [-0.25, -0.2) is 4.98 Å². The predicted octanol–water partition coefficient (Wildman–Crippen LogP) is 4.55. The fraction of sp³-hybridized carbons (Fsp3) is 0.222. The van der Waals surface area contributed by atoms with Gasteiger partial charge in [0.05, 0.1) is 12.2 Å². The number of imidazole rings is 1. The van der Waals surface area contributed by atoms with Gasteiger partial charge < -0.3 is 19.4 Å². The fourth-order valence-corrected chi connectivity index (χ4v) is 3.66. The molecule has 34 heavy (non-hydrogen) atoms. The number of nitrogens with zero attached hydrogens (tertiary/aromatic N) is 3. The molecular weight excluding hydrogens is 428 g/mol. The summed E-state index contributed by atoms with van der Waals surface area (Å²) in [6.07, 6.45) is 3.96. The van der Waals surface area contributed by atoms with Crippen molar-refractivity contribution in [3.8, 4) is 5.75 Å². The van der Waals surface area contributed by atoms with Gasteiger partial charge in [-0.05, 0) is 73.9 Å². The second kappa shape index (κ2) is 9.79. The molecule has 2 aromatic carbocycles. The largest absolute Gasteiger partial charge is 0.487 e. The summed E-state index contributed by atoms with van der Waals surface area (Å²) in [6.45, 7) is 6.27. The van der Waals surface area contributed by atoms with Gasteiger partial charge in [-0.1, -0.05) is 18.2 Å². The average molecular weight is 457 g/mol. The molecule has 7 nitrogen and oxygen atoms in total. The van der Waals surface area contributed by atoms with Crippen molar-refractivity contribution in [2.24, 2.45) is 0 Å². The van der Waals surface area contributed by atoms with E-state index in [0.29, 0.717) is 17.9 Å². The molecule has 0 atom stereocenters. The first-order chi connectivity index (χ1) is 16.3. The Labute approximate surface area is 199 Å². The van der Waals surface area contributed by atoms with Gasteiger partial charge in [0, 0.05) is 30.7 Å². The van der Waals surface area contributed by atoms with Crippen molar-refractivity contribution in [2.45, 2.75) is 27.4 Å². The van der Waals surface area contributed by atoms with Crippen molar-refractivity contribution in [2.75, 3.05) is 18.9 Å². The Hall–Kier alpha value is -4.13. The lowest BCUT2D eigenvalue weighted by atomic mass is 10.1. The van der Waals surface area contributed by atoms with E-state index in [2.05, 4.69) is 10.3 Å². The number of hydrogen-bond acceptors (Lipinski definition) is 4. The fourth-order valence-electron chi connectivity index (χ4n) is 3.66. The Morgan fingerprint density at radius 2 is 1.76 bits per heavy atom. The number of aryl methyl sites for hydroxylation is 2. The Balaban J connectivity index is 1.32. The predicted molar refractivity (Wildman–Crippen MR) is 132 cm³/mol. The van der Waals surface area contributed by atoms with Crippen LogP contribution in [0.1, 0.15) is 32.7 Å². The molecule has 2 amide bonds. The summed E-state index contributed by atoms with van der Waals surface area (Å²) in [7, 11) is 1.61. The van der Waals surface area contributed by atoms with Gasteiger partial charge in [-0.15, -0.1) is 0 Å². The quantitative estimate of drug-likeness (QED) is 0.443. The number of fused-ring (bicyclic) bond motifs is 1. The van der Waals surface area contributed by atoms with Crippen LogP contribution in [0.5, 0.6) is 5.75 Å². The van der Waals surface area contributed by atoms with Crippen molar-refractivity contribution in [3.63, 3.8) is 0 Å². The van der Waals surface area contributed by atoms with E-state index in [-0.39, 0.29) is 18.4 Å². The van der Waals surface area contributed by atoms with Gasteiger partial charge in [-0.3, -0.25) is 9.59 Å². The van der Waals surface area contributed by atoms with E-state index in [1.807, 2.05) is 67.9 Å². The molecule has 2 aromatic heterocycles. The highest BCUT2D eigenvalue weighted by molar-refractivity contribution is 5.99. The summed E-state index contributed by atoms with van der Waals surface area (Å²) >= 11 is 0. The van der Waals surface area contributed by atoms with Crippen LogP contribution in [0.15, 0.2) is 67.0 Å². The standard InChI is InChI=1S/C27H28N4O3/c1-18-8-13-25-28-22(15-31(25)14-18)17-34-23-11-9-21(10-12-23)27(33)30(4)16-26(32)29-24-7-5-6-19(2)20(24)3/h5-15H,16-17H2,1-4H3,(H,29,32). The summed E-state index contributed by atoms with van der Waals surface area (Å²) in [5.74, 6) is 0.158. The molecule has 0 bridgehead atoms. The lowest BCUT2D eigenvalue weighted by Crippen LogP contribution is -2.35. The number of benzene rings is 2. The molecule has 0 radical (unpaired) electrons. The van der Waals surface area contributed by atoms with Gasteiger partial charge in [-0.2, -0.15) is 0 Å². The molecule has 0 unspecified atom stereocenters. The molecule has 0 aliphatic rings. The van der Waals surface area contributed by atoms with Crippen molar-refractivity contribution >= 4 is 23.1 Å². The second-order valence-corrected chi connectivity index (χ2v) is 8.47. The summed E-state index contributed by atoms with van der Waals surface area (Å²) in [6, 6.07) is 16.6. The molecule has 0 fully saturated rings. The third-order valence-electron chi connectivity index (χ3n) is 5.74. The molecule has 0 aliphatic heterocycles. The van der Waals surface area contributed by atoms with Gasteiger partial charge in [0.2, 0.25) is 5.91 Å². The molecular formula is C27H28N4O3. The van der Waals surface area contributed by atoms with Crippen LogP contribution in [0.2, 0.25) is 0 Å². The van der Waals surface area contributed by atoms with Crippen LogP contribution in [0.25, 0.3) is 5.65 Å². The number of carbonyl (C=O) groups is 2. The minimum Gasteiger partial charge on any atom is -0.487 e. The zero-order valence-electron chi connectivity index (χ0n) is 19.8. The van der Waals surface area contributed by atoms with Crippen LogP contribution in [-0.2, 0) is 11.4 Å². The Morgan fingerprint density at radius 3 is 2.53 bits per heavy atom. The third-order valence-corrected chi connectivity index (χ3v) is 5.74. The number of nitrogens with one attached hydrogen (secondary N) is 1. The topological polar surface area (TPSA) is 75.9 Å². The molecule has 4 rings (SSSR count). The highest BCUT2D eigenvalue weighted by atomic mass is 16.5. The van der Waals surface area contributed by atoms with Crippen LogP contribution in [0.3, 0.4) is 0 Å². The number of anilines is 1. The molecule has 174 valence electrons. The van der Waals surface area contributed by atoms with E-state index in [1.165, 1.54) is 4.90 Å². The first-order valence-electron chi connectivity index (χ1n) is 11.1. The highest BCUT2D eigenvalue weighted by Gasteiger charge is 2.16. The maximum Gasteiger partial charge on any atom is 0.254 e. The number of ether oxygens (including phenoxy) is 1. The zero-order chi connectivity index (χ0) is 24.2. The minimum atomic E-state index is -0.243. The number of aromatic nitrogens is 2. The third kappa shape index (κ3) is 5.26. The first kappa shape index (κ1) is 23.0. The van der Waals surface area contributed by atoms with Crippen LogP contribution in [0.4, 0.5) is 5.69 Å². The zero-order valence-corrected chi connectivity index (χ0v) is 19.8. The van der Waals surface area contributed by atoms with E-state index in [0.717, 1.165) is 33.7 Å². The normalized spacial score (nSPS) is 10.8. The molecule has 4 aromatic rings. The van der Waals surface area contributed by atoms with Crippen molar-refractivity contribution in [1.29, 1.82) is 0 Å². The van der Waals surface area contributed by atoms with Crippen molar-refractivity contribution in [3.05, 3.63) is 94.9 Å². The summed E-state index contributed by atoms with van der Waals surface area (Å²) in [5, 5.41) is 2.88. The Kier molecular flexibility index (Phi) is 6.63. The number of pyridine rings is 1. The first-order valence-corrected chi connectivity index (χ1v) is 11.1. The van der Waals surface area contributed by atoms with Crippen molar-refractivity contribution in [1.82, 2.24) is 14.3 Å². The SMILES string of the molecule is Cc1ccc2nc(COc3ccc(C(=O)N(C)CC(=O)Nc4cccc(C)c4C)cc3)cn2c1. The van der Waals surface area contributed by atoms with E-state index in [4.69, 9.17) is 4.74 Å². The van der Waals surface area contributed by atoms with Crippen LogP contribution < -0.4 is 10.1 Å². The number of rotatable bonds is 7. The summed E-state index contributed by atoms with van der Waals surface area (Å²) in [5.41, 5.74) is 6.20. The molecule has 2 heterocycles. The van der Waals surface area contributed by atoms with Crippen LogP contribution >= 0.6 is 0 Å². The summed E-state index contributed by atoms with van der Waals surface area (Å²) < 4.78 is 7.81. The minimum absolute atomic E-state index is 0.0438. The Bertz CT molecular complexity index is 1340. The van der Waals surface area contributed by atoms with Gasteiger partial charge in [0.15, 0.2) is 0 Å². The van der Waals surface area contributed by atoms with Crippen LogP contribution in [0, 0.1) is 20.8 Å². The average Bonchev–Trinajstić information content (AvgIpc) is 3.22. The van der Waals surface area contributed by atoms with E-state index < -0.39 is 0 Å². The van der Waals surface area contributed by atoms with Gasteiger partial charge in [0.25, 0.3) is 5.91 Å². The van der Waals surface area contributed by atoms with E-state index in [1.54, 1.807) is 31.3 Å². The van der Waals surface area contributed by atoms with Gasteiger partial charge in [0.1, 0.15) is 18.0 Å². The van der Waals surface area contributed by atoms with Crippen LogP contribution in [-0.4, -0.2) is 39.7 Å². The molecule has 0 saturated carbocycles. The lowest BCUT2D eigenvalue weighted by molar-refractivity contribution is -0.116. The monoisotopic (exact) mass is 456 g/mol. The second-order valence-electron chi connectivity index (χ2n) is 8.47. The molecule has 0 saturated heterocycles. The molecule has 1 N–H and O–H groups in total. The lowest BCUT2D eigenvalue weighted by Gasteiger charge is -2.18. The number of carbonyl (C=O) groups excluding carboxylic acids is 2. The van der Waals surface area contributed by atoms with Crippen molar-refractivity contribution < 1.29 is 14.3 Å². The maximum atomic E-state index is 12.8. The van der Waals surface area contributed by atoms with E-state index in [9.17, 15) is 9.59 Å². The van der Waals surface area contributed by atoms with E-state index >= 15 is 0 Å². The Morgan fingerprint density at radius 1 is 1.00 bits per heavy atom. The summed E-state index contributed by atoms with van der Waals surface area (Å²) in [4.78, 5) is 31.2. The molecule has 0 spiro atoms. The van der Waals surface area contributed by atoms with Gasteiger partial charge >= 0.3 is 0 Å². The number of likely N-dealkylation sites (N-methyl/N-ethyl adjacent to an activating group) is 1. The highest BCUT2D eigenvalue weighted by Crippen LogP contribution is 2.19. The smallest absolute Gasteiger partial charge is 0.254 e. The molecule has 7 heteroatoms. The number of hydrogen-bond donors (Lipinski definition) is 1.